The molecule has 0 aromatic heterocycles. The van der Waals surface area contributed by atoms with E-state index in [1.165, 1.54) is 5.56 Å². The van der Waals surface area contributed by atoms with Gasteiger partial charge in [-0.05, 0) is 42.3 Å². The molecule has 0 heterocycles. The molecule has 0 amide bonds. The molecule has 0 unspecified atom stereocenters. The number of benzene rings is 2. The molecule has 4 heteroatoms. The van der Waals surface area contributed by atoms with Crippen LogP contribution in [0.5, 0.6) is 5.75 Å². The molecular weight excluding hydrogens is 316 g/mol. The molecule has 0 saturated heterocycles. The second kappa shape index (κ2) is 6.97. The zero-order valence-electron chi connectivity index (χ0n) is 11.2. The number of rotatable bonds is 5. The number of nitriles is 1. The summed E-state index contributed by atoms with van der Waals surface area (Å²) < 4.78 is 6.31. The van der Waals surface area contributed by atoms with Crippen molar-refractivity contribution in [3.8, 4) is 11.8 Å². The predicted molar refractivity (Wildman–Crippen MR) is 83.8 cm³/mol. The lowest BCUT2D eigenvalue weighted by molar-refractivity contribution is 0.368. The van der Waals surface area contributed by atoms with Crippen molar-refractivity contribution in [2.45, 2.75) is 13.5 Å². The van der Waals surface area contributed by atoms with E-state index in [9.17, 15) is 0 Å². The number of nitrogens with zero attached hydrogens (tertiary/aromatic N) is 1. The number of aryl methyl sites for hydroxylation is 1. The van der Waals surface area contributed by atoms with Gasteiger partial charge in [-0.25, -0.2) is 0 Å². The predicted octanol–water partition coefficient (Wildman–Crippen LogP) is 4.27. The van der Waals surface area contributed by atoms with Crippen LogP contribution in [0.15, 0.2) is 46.9 Å². The molecule has 0 bridgehead atoms. The van der Waals surface area contributed by atoms with E-state index in [0.29, 0.717) is 5.75 Å². The van der Waals surface area contributed by atoms with Gasteiger partial charge < -0.3 is 10.1 Å². The largest absolute Gasteiger partial charge is 0.479 e. The Labute approximate surface area is 127 Å². The Balaban J connectivity index is 1.93. The lowest BCUT2D eigenvalue weighted by atomic mass is 10.2. The monoisotopic (exact) mass is 330 g/mol. The Morgan fingerprint density at radius 1 is 1.20 bits per heavy atom. The van der Waals surface area contributed by atoms with Crippen LogP contribution in [0.25, 0.3) is 0 Å². The van der Waals surface area contributed by atoms with Gasteiger partial charge in [0.15, 0.2) is 6.61 Å². The summed E-state index contributed by atoms with van der Waals surface area (Å²) in [4.78, 5) is 0. The molecule has 102 valence electrons. The van der Waals surface area contributed by atoms with E-state index in [0.717, 1.165) is 22.3 Å². The van der Waals surface area contributed by atoms with E-state index >= 15 is 0 Å². The van der Waals surface area contributed by atoms with Crippen LogP contribution >= 0.6 is 15.9 Å². The molecule has 20 heavy (non-hydrogen) atoms. The SMILES string of the molecule is Cc1ccc(NCc2ccc(OCC#N)cc2)cc1Br. The van der Waals surface area contributed by atoms with Crippen molar-refractivity contribution in [2.75, 3.05) is 11.9 Å². The Kier molecular flexibility index (Phi) is 5.03. The van der Waals surface area contributed by atoms with Crippen molar-refractivity contribution in [2.24, 2.45) is 0 Å². The van der Waals surface area contributed by atoms with Crippen LogP contribution in [0.4, 0.5) is 5.69 Å². The van der Waals surface area contributed by atoms with Crippen LogP contribution in [0.3, 0.4) is 0 Å². The molecule has 2 aromatic carbocycles. The summed E-state index contributed by atoms with van der Waals surface area (Å²) >= 11 is 3.52. The van der Waals surface area contributed by atoms with Gasteiger partial charge in [0.2, 0.25) is 0 Å². The minimum Gasteiger partial charge on any atom is -0.479 e. The zero-order chi connectivity index (χ0) is 14.4. The molecule has 1 N–H and O–H groups in total. The number of halogens is 1. The maximum atomic E-state index is 8.45. The normalized spacial score (nSPS) is 9.85. The van der Waals surface area contributed by atoms with Gasteiger partial charge in [-0.2, -0.15) is 5.26 Å². The summed E-state index contributed by atoms with van der Waals surface area (Å²) in [6.45, 7) is 2.89. The maximum absolute atomic E-state index is 8.45. The first-order chi connectivity index (χ1) is 9.69. The summed E-state index contributed by atoms with van der Waals surface area (Å²) in [5.41, 5.74) is 3.45. The molecule has 0 radical (unpaired) electrons. The van der Waals surface area contributed by atoms with Crippen molar-refractivity contribution in [1.29, 1.82) is 5.26 Å². The average molecular weight is 331 g/mol. The van der Waals surface area contributed by atoms with Gasteiger partial charge in [-0.3, -0.25) is 0 Å². The molecule has 0 aliphatic rings. The first-order valence-electron chi connectivity index (χ1n) is 6.28. The second-order valence-electron chi connectivity index (χ2n) is 4.41. The van der Waals surface area contributed by atoms with Crippen molar-refractivity contribution in [3.63, 3.8) is 0 Å². The van der Waals surface area contributed by atoms with Crippen molar-refractivity contribution >= 4 is 21.6 Å². The van der Waals surface area contributed by atoms with Crippen LogP contribution < -0.4 is 10.1 Å². The molecule has 0 aliphatic heterocycles. The van der Waals surface area contributed by atoms with Crippen molar-refractivity contribution < 1.29 is 4.74 Å². The summed E-state index contributed by atoms with van der Waals surface area (Å²) in [5, 5.41) is 11.8. The molecule has 0 fully saturated rings. The zero-order valence-corrected chi connectivity index (χ0v) is 12.8. The minimum atomic E-state index is 0.0784. The smallest absolute Gasteiger partial charge is 0.174 e. The van der Waals surface area contributed by atoms with E-state index in [2.05, 4.69) is 46.4 Å². The van der Waals surface area contributed by atoms with Gasteiger partial charge >= 0.3 is 0 Å². The van der Waals surface area contributed by atoms with Gasteiger partial charge in [0.1, 0.15) is 11.8 Å². The number of nitrogens with one attached hydrogen (secondary N) is 1. The van der Waals surface area contributed by atoms with E-state index in [1.807, 2.05) is 30.3 Å². The average Bonchev–Trinajstić information content (AvgIpc) is 2.47. The molecule has 3 nitrogen and oxygen atoms in total. The van der Waals surface area contributed by atoms with Gasteiger partial charge in [0.25, 0.3) is 0 Å². The van der Waals surface area contributed by atoms with Gasteiger partial charge in [-0.15, -0.1) is 0 Å². The Hall–Kier alpha value is -1.99. The first-order valence-corrected chi connectivity index (χ1v) is 7.07. The van der Waals surface area contributed by atoms with Crippen LogP contribution in [0.1, 0.15) is 11.1 Å². The van der Waals surface area contributed by atoms with Crippen LogP contribution in [0.2, 0.25) is 0 Å². The highest BCUT2D eigenvalue weighted by atomic mass is 79.9. The second-order valence-corrected chi connectivity index (χ2v) is 5.26. The molecule has 2 aromatic rings. The molecular formula is C16H15BrN2O. The Bertz CT molecular complexity index is 617. The topological polar surface area (TPSA) is 45.0 Å². The van der Waals surface area contributed by atoms with Crippen LogP contribution in [0, 0.1) is 18.3 Å². The maximum Gasteiger partial charge on any atom is 0.174 e. The van der Waals surface area contributed by atoms with Gasteiger partial charge in [0, 0.05) is 16.7 Å². The van der Waals surface area contributed by atoms with E-state index in [4.69, 9.17) is 10.00 Å². The van der Waals surface area contributed by atoms with Crippen molar-refractivity contribution in [3.05, 3.63) is 58.1 Å². The third-order valence-electron chi connectivity index (χ3n) is 2.90. The summed E-state index contributed by atoms with van der Waals surface area (Å²) in [6, 6.07) is 15.9. The first kappa shape index (κ1) is 14.4. The Morgan fingerprint density at radius 3 is 2.60 bits per heavy atom. The highest BCUT2D eigenvalue weighted by molar-refractivity contribution is 9.10. The molecule has 0 atom stereocenters. The summed E-state index contributed by atoms with van der Waals surface area (Å²) in [6.07, 6.45) is 0. The molecule has 2 rings (SSSR count). The lowest BCUT2D eigenvalue weighted by Crippen LogP contribution is -2.00. The van der Waals surface area contributed by atoms with E-state index in [-0.39, 0.29) is 6.61 Å². The third-order valence-corrected chi connectivity index (χ3v) is 3.75. The minimum absolute atomic E-state index is 0.0784. The van der Waals surface area contributed by atoms with E-state index in [1.54, 1.807) is 0 Å². The quantitative estimate of drug-likeness (QED) is 0.890. The van der Waals surface area contributed by atoms with Crippen molar-refractivity contribution in [1.82, 2.24) is 0 Å². The highest BCUT2D eigenvalue weighted by Crippen LogP contribution is 2.21. The lowest BCUT2D eigenvalue weighted by Gasteiger charge is -2.09. The molecule has 0 saturated carbocycles. The fraction of sp³-hybridized carbons (Fsp3) is 0.188. The summed E-state index contributed by atoms with van der Waals surface area (Å²) in [7, 11) is 0. The molecule has 0 aliphatic carbocycles. The number of hydrogen-bond donors (Lipinski definition) is 1. The third kappa shape index (κ3) is 4.01. The standard InChI is InChI=1S/C16H15BrN2O/c1-12-2-5-14(10-16(12)17)19-11-13-3-6-15(7-4-13)20-9-8-18/h2-7,10,19H,9,11H2,1H3. The summed E-state index contributed by atoms with van der Waals surface area (Å²) in [5.74, 6) is 0.716. The van der Waals surface area contributed by atoms with Gasteiger partial charge in [0.05, 0.1) is 0 Å². The van der Waals surface area contributed by atoms with Gasteiger partial charge in [-0.1, -0.05) is 34.1 Å². The fourth-order valence-electron chi connectivity index (χ4n) is 1.73. The Morgan fingerprint density at radius 2 is 1.95 bits per heavy atom. The van der Waals surface area contributed by atoms with Crippen LogP contribution in [-0.4, -0.2) is 6.61 Å². The fourth-order valence-corrected chi connectivity index (χ4v) is 2.10. The number of anilines is 1. The number of ether oxygens (including phenoxy) is 1. The van der Waals surface area contributed by atoms with E-state index < -0.39 is 0 Å². The molecule has 0 spiro atoms. The van der Waals surface area contributed by atoms with Crippen LogP contribution in [-0.2, 0) is 6.54 Å². The number of hydrogen-bond acceptors (Lipinski definition) is 3. The highest BCUT2D eigenvalue weighted by Gasteiger charge is 1.99.